The Morgan fingerprint density at radius 2 is 1.93 bits per heavy atom. The molecule has 7 heteroatoms. The van der Waals surface area contributed by atoms with E-state index in [1.165, 1.54) is 0 Å². The van der Waals surface area contributed by atoms with E-state index in [1.807, 2.05) is 4.90 Å². The van der Waals surface area contributed by atoms with E-state index in [9.17, 15) is 13.2 Å². The molecule has 1 fully saturated rings. The van der Waals surface area contributed by atoms with E-state index in [2.05, 4.69) is 27.7 Å². The SMILES string of the molecule is CC(CC(=O)N(Cc1ccc(OS(C)(=O)=O)cc1)CC1CCCO1)CC(C)(C)C. The minimum Gasteiger partial charge on any atom is -0.383 e. The Kier molecular flexibility index (Phi) is 8.11. The molecule has 0 radical (unpaired) electrons. The fourth-order valence-electron chi connectivity index (χ4n) is 3.88. The topological polar surface area (TPSA) is 72.9 Å². The average Bonchev–Trinajstić information content (AvgIpc) is 3.05. The highest BCUT2D eigenvalue weighted by Gasteiger charge is 2.25. The van der Waals surface area contributed by atoms with E-state index in [1.54, 1.807) is 24.3 Å². The van der Waals surface area contributed by atoms with Crippen molar-refractivity contribution < 1.29 is 22.1 Å². The lowest BCUT2D eigenvalue weighted by Gasteiger charge is -2.28. The van der Waals surface area contributed by atoms with E-state index < -0.39 is 10.1 Å². The minimum atomic E-state index is -3.55. The molecule has 0 aliphatic carbocycles. The van der Waals surface area contributed by atoms with Crippen molar-refractivity contribution in [3.63, 3.8) is 0 Å². The highest BCUT2D eigenvalue weighted by atomic mass is 32.2. The third kappa shape index (κ3) is 9.17. The maximum absolute atomic E-state index is 13.1. The quantitative estimate of drug-likeness (QED) is 0.559. The van der Waals surface area contributed by atoms with Gasteiger partial charge >= 0.3 is 10.1 Å². The van der Waals surface area contributed by atoms with Gasteiger partial charge in [-0.3, -0.25) is 4.79 Å². The van der Waals surface area contributed by atoms with Crippen LogP contribution in [0, 0.1) is 11.3 Å². The predicted molar refractivity (Wildman–Crippen MR) is 114 cm³/mol. The summed E-state index contributed by atoms with van der Waals surface area (Å²) in [6.45, 7) is 10.5. The second kappa shape index (κ2) is 9.94. The number of hydrogen-bond acceptors (Lipinski definition) is 5. The molecule has 0 saturated carbocycles. The first-order valence-corrected chi connectivity index (χ1v) is 12.1. The molecule has 2 atom stereocenters. The van der Waals surface area contributed by atoms with E-state index in [0.717, 1.165) is 37.7 Å². The molecule has 1 heterocycles. The molecule has 0 N–H and O–H groups in total. The predicted octanol–water partition coefficient (Wildman–Crippen LogP) is 4.00. The largest absolute Gasteiger partial charge is 0.383 e. The molecule has 1 saturated heterocycles. The van der Waals surface area contributed by atoms with Gasteiger partial charge in [0.05, 0.1) is 12.4 Å². The third-order valence-corrected chi connectivity index (χ3v) is 5.32. The Bertz CT molecular complexity index is 761. The fourth-order valence-corrected chi connectivity index (χ4v) is 4.34. The summed E-state index contributed by atoms with van der Waals surface area (Å²) in [6, 6.07) is 6.84. The van der Waals surface area contributed by atoms with E-state index in [-0.39, 0.29) is 23.2 Å². The first-order valence-electron chi connectivity index (χ1n) is 10.3. The molecular formula is C22H35NO5S. The van der Waals surface area contributed by atoms with Gasteiger partial charge in [0.2, 0.25) is 5.91 Å². The molecule has 0 bridgehead atoms. The molecule has 6 nitrogen and oxygen atoms in total. The smallest absolute Gasteiger partial charge is 0.306 e. The highest BCUT2D eigenvalue weighted by molar-refractivity contribution is 7.86. The lowest BCUT2D eigenvalue weighted by atomic mass is 9.84. The van der Waals surface area contributed by atoms with Gasteiger partial charge in [-0.1, -0.05) is 39.8 Å². The standard InChI is InChI=1S/C22H35NO5S/c1-17(14-22(2,3)4)13-21(24)23(16-20-7-6-12-27-20)15-18-8-10-19(11-9-18)28-29(5,25)26/h8-11,17,20H,6-7,12-16H2,1-5H3. The molecule has 2 unspecified atom stereocenters. The van der Waals surface area contributed by atoms with Gasteiger partial charge in [0.25, 0.3) is 0 Å². The number of nitrogens with zero attached hydrogens (tertiary/aromatic N) is 1. The monoisotopic (exact) mass is 425 g/mol. The molecular weight excluding hydrogens is 390 g/mol. The van der Waals surface area contributed by atoms with Gasteiger partial charge in [0, 0.05) is 26.1 Å². The molecule has 0 aromatic heterocycles. The number of carbonyl (C=O) groups is 1. The van der Waals surface area contributed by atoms with Gasteiger partial charge in [0.1, 0.15) is 5.75 Å². The molecule has 1 aliphatic rings. The van der Waals surface area contributed by atoms with Crippen LogP contribution in [0.3, 0.4) is 0 Å². The number of benzene rings is 1. The van der Waals surface area contributed by atoms with Crippen LogP contribution in [0.5, 0.6) is 5.75 Å². The summed E-state index contributed by atoms with van der Waals surface area (Å²) in [6.07, 6.45) is 4.61. The molecule has 164 valence electrons. The van der Waals surface area contributed by atoms with Gasteiger partial charge in [-0.2, -0.15) is 8.42 Å². The van der Waals surface area contributed by atoms with Crippen molar-refractivity contribution in [3.8, 4) is 5.75 Å². The average molecular weight is 426 g/mol. The zero-order valence-electron chi connectivity index (χ0n) is 18.3. The molecule has 0 spiro atoms. The molecule has 1 aromatic carbocycles. The van der Waals surface area contributed by atoms with E-state index in [0.29, 0.717) is 25.4 Å². The van der Waals surface area contributed by atoms with E-state index >= 15 is 0 Å². The third-order valence-electron chi connectivity index (χ3n) is 4.83. The summed E-state index contributed by atoms with van der Waals surface area (Å²) in [5, 5.41) is 0. The van der Waals surface area contributed by atoms with Crippen LogP contribution in [0.15, 0.2) is 24.3 Å². The zero-order chi connectivity index (χ0) is 21.7. The van der Waals surface area contributed by atoms with Gasteiger partial charge in [-0.25, -0.2) is 0 Å². The Labute approximate surface area is 175 Å². The van der Waals surface area contributed by atoms with Crippen LogP contribution in [-0.2, 0) is 26.2 Å². The summed E-state index contributed by atoms with van der Waals surface area (Å²) in [5.74, 6) is 0.709. The normalized spacial score (nSPS) is 18.4. The minimum absolute atomic E-state index is 0.0877. The second-order valence-corrected chi connectivity index (χ2v) is 11.0. The van der Waals surface area contributed by atoms with Gasteiger partial charge < -0.3 is 13.8 Å². The fraction of sp³-hybridized carbons (Fsp3) is 0.682. The van der Waals surface area contributed by atoms with Crippen molar-refractivity contribution in [2.24, 2.45) is 11.3 Å². The van der Waals surface area contributed by atoms with Crippen molar-refractivity contribution >= 4 is 16.0 Å². The highest BCUT2D eigenvalue weighted by Crippen LogP contribution is 2.27. The van der Waals surface area contributed by atoms with Gasteiger partial charge in [0.15, 0.2) is 0 Å². The first kappa shape index (κ1) is 23.7. The lowest BCUT2D eigenvalue weighted by Crippen LogP contribution is -2.37. The zero-order valence-corrected chi connectivity index (χ0v) is 19.1. The Morgan fingerprint density at radius 3 is 2.45 bits per heavy atom. The van der Waals surface area contributed by atoms with Crippen molar-refractivity contribution in [1.29, 1.82) is 0 Å². The van der Waals surface area contributed by atoms with Gasteiger partial charge in [-0.15, -0.1) is 0 Å². The van der Waals surface area contributed by atoms with Crippen molar-refractivity contribution in [2.75, 3.05) is 19.4 Å². The van der Waals surface area contributed by atoms with Crippen LogP contribution in [0.25, 0.3) is 0 Å². The molecule has 1 aliphatic heterocycles. The van der Waals surface area contributed by atoms with Crippen LogP contribution in [0.4, 0.5) is 0 Å². The van der Waals surface area contributed by atoms with Crippen molar-refractivity contribution in [3.05, 3.63) is 29.8 Å². The van der Waals surface area contributed by atoms with Crippen LogP contribution in [-0.4, -0.2) is 44.7 Å². The number of hydrogen-bond donors (Lipinski definition) is 0. The first-order chi connectivity index (χ1) is 13.4. The molecule has 1 amide bonds. The number of carbonyl (C=O) groups excluding carboxylic acids is 1. The lowest BCUT2D eigenvalue weighted by molar-refractivity contribution is -0.134. The maximum atomic E-state index is 13.1. The molecule has 29 heavy (non-hydrogen) atoms. The number of ether oxygens (including phenoxy) is 1. The summed E-state index contributed by atoms with van der Waals surface area (Å²) in [5.41, 5.74) is 1.12. The van der Waals surface area contributed by atoms with Crippen molar-refractivity contribution in [1.82, 2.24) is 4.90 Å². The van der Waals surface area contributed by atoms with Crippen LogP contribution in [0.1, 0.15) is 58.9 Å². The van der Waals surface area contributed by atoms with Crippen LogP contribution in [0.2, 0.25) is 0 Å². The summed E-state index contributed by atoms with van der Waals surface area (Å²) < 4.78 is 33.2. The maximum Gasteiger partial charge on any atom is 0.306 e. The van der Waals surface area contributed by atoms with Crippen molar-refractivity contribution in [2.45, 2.75) is 66.0 Å². The van der Waals surface area contributed by atoms with Crippen LogP contribution >= 0.6 is 0 Å². The molecule has 1 aromatic rings. The number of amides is 1. The molecule has 2 rings (SSSR count). The Morgan fingerprint density at radius 1 is 1.28 bits per heavy atom. The summed E-state index contributed by atoms with van der Waals surface area (Å²) in [4.78, 5) is 14.9. The van der Waals surface area contributed by atoms with Gasteiger partial charge in [-0.05, 0) is 48.3 Å². The summed E-state index contributed by atoms with van der Waals surface area (Å²) in [7, 11) is -3.55. The second-order valence-electron chi connectivity index (χ2n) is 9.41. The van der Waals surface area contributed by atoms with E-state index in [4.69, 9.17) is 8.92 Å². The Balaban J connectivity index is 2.05. The summed E-state index contributed by atoms with van der Waals surface area (Å²) >= 11 is 0. The Hall–Kier alpha value is -1.60. The van der Waals surface area contributed by atoms with Crippen LogP contribution < -0.4 is 4.18 Å². The number of rotatable bonds is 9.